The van der Waals surface area contributed by atoms with Crippen LogP contribution in [0.3, 0.4) is 0 Å². The second kappa shape index (κ2) is 8.73. The van der Waals surface area contributed by atoms with Crippen LogP contribution in [0.1, 0.15) is 48.9 Å². The maximum atomic E-state index is 11.8. The van der Waals surface area contributed by atoms with Crippen molar-refractivity contribution < 1.29 is 4.79 Å². The van der Waals surface area contributed by atoms with E-state index >= 15 is 0 Å². The number of hydrogen-bond donors (Lipinski definition) is 2. The lowest BCUT2D eigenvalue weighted by atomic mass is 10.1. The second-order valence-corrected chi connectivity index (χ2v) is 6.20. The lowest BCUT2D eigenvalue weighted by molar-refractivity contribution is 0.0827. The smallest absolute Gasteiger partial charge is 0.254 e. The summed E-state index contributed by atoms with van der Waals surface area (Å²) in [5, 5.41) is 6.92. The van der Waals surface area contributed by atoms with Crippen LogP contribution in [0.5, 0.6) is 0 Å². The lowest BCUT2D eigenvalue weighted by Gasteiger charge is -2.16. The number of amides is 1. The van der Waals surface area contributed by atoms with E-state index in [9.17, 15) is 4.79 Å². The number of carbonyl (C=O) groups is 1. The van der Waals surface area contributed by atoms with Crippen LogP contribution in [0.15, 0.2) is 18.3 Å². The van der Waals surface area contributed by atoms with Crippen molar-refractivity contribution in [1.29, 1.82) is 0 Å². The molecule has 1 aromatic heterocycles. The standard InChI is InChI=1S/C17H28N4O/c1-21(2)17(22)14-9-10-16(20-13-14)19-12-11-18-15-7-5-3-4-6-8-15/h9-10,13,15,18H,3-8,11-12H2,1-2H3,(H,19,20). The monoisotopic (exact) mass is 304 g/mol. The van der Waals surface area contributed by atoms with Gasteiger partial charge in [-0.2, -0.15) is 0 Å². The van der Waals surface area contributed by atoms with Crippen molar-refractivity contribution in [3.05, 3.63) is 23.9 Å². The van der Waals surface area contributed by atoms with E-state index in [4.69, 9.17) is 0 Å². The minimum Gasteiger partial charge on any atom is -0.369 e. The summed E-state index contributed by atoms with van der Waals surface area (Å²) in [6, 6.07) is 4.36. The van der Waals surface area contributed by atoms with E-state index < -0.39 is 0 Å². The molecule has 0 bridgehead atoms. The molecule has 1 aliphatic carbocycles. The molecule has 5 nitrogen and oxygen atoms in total. The van der Waals surface area contributed by atoms with Gasteiger partial charge in [0.05, 0.1) is 5.56 Å². The highest BCUT2D eigenvalue weighted by atomic mass is 16.2. The van der Waals surface area contributed by atoms with Gasteiger partial charge in [0.1, 0.15) is 5.82 Å². The third kappa shape index (κ3) is 5.30. The molecule has 1 heterocycles. The Bertz CT molecular complexity index is 450. The summed E-state index contributed by atoms with van der Waals surface area (Å²) in [6.45, 7) is 1.80. The minimum absolute atomic E-state index is 0.0194. The van der Waals surface area contributed by atoms with Crippen LogP contribution in [0, 0.1) is 0 Å². The molecule has 2 N–H and O–H groups in total. The molecule has 0 radical (unpaired) electrons. The van der Waals surface area contributed by atoms with Gasteiger partial charge in [-0.3, -0.25) is 4.79 Å². The van der Waals surface area contributed by atoms with Crippen LogP contribution in [-0.4, -0.2) is 49.0 Å². The van der Waals surface area contributed by atoms with E-state index in [-0.39, 0.29) is 5.91 Å². The molecule has 1 fully saturated rings. The van der Waals surface area contributed by atoms with Crippen LogP contribution >= 0.6 is 0 Å². The summed E-state index contributed by atoms with van der Waals surface area (Å²) < 4.78 is 0. The fraction of sp³-hybridized carbons (Fsp3) is 0.647. The molecule has 0 atom stereocenters. The minimum atomic E-state index is -0.0194. The fourth-order valence-corrected chi connectivity index (χ4v) is 2.83. The zero-order valence-corrected chi connectivity index (χ0v) is 13.8. The van der Waals surface area contributed by atoms with Crippen molar-refractivity contribution in [3.63, 3.8) is 0 Å². The van der Waals surface area contributed by atoms with Crippen LogP contribution in [0.2, 0.25) is 0 Å². The second-order valence-electron chi connectivity index (χ2n) is 6.20. The van der Waals surface area contributed by atoms with Crippen LogP contribution < -0.4 is 10.6 Å². The zero-order chi connectivity index (χ0) is 15.8. The number of hydrogen-bond acceptors (Lipinski definition) is 4. The highest BCUT2D eigenvalue weighted by molar-refractivity contribution is 5.93. The number of aromatic nitrogens is 1. The SMILES string of the molecule is CN(C)C(=O)c1ccc(NCCNC2CCCCCC2)nc1. The molecule has 1 aromatic rings. The molecule has 2 rings (SSSR count). The normalized spacial score (nSPS) is 16.1. The van der Waals surface area contributed by atoms with Gasteiger partial charge in [-0.05, 0) is 25.0 Å². The van der Waals surface area contributed by atoms with Gasteiger partial charge in [-0.1, -0.05) is 25.7 Å². The Labute approximate surface area is 133 Å². The van der Waals surface area contributed by atoms with Crippen LogP contribution in [0.25, 0.3) is 0 Å². The van der Waals surface area contributed by atoms with E-state index in [1.807, 2.05) is 12.1 Å². The molecule has 0 aromatic carbocycles. The first-order valence-corrected chi connectivity index (χ1v) is 8.32. The predicted octanol–water partition coefficient (Wildman–Crippen LogP) is 2.51. The number of nitrogens with one attached hydrogen (secondary N) is 2. The summed E-state index contributed by atoms with van der Waals surface area (Å²) >= 11 is 0. The van der Waals surface area contributed by atoms with Crippen LogP contribution in [0.4, 0.5) is 5.82 Å². The number of rotatable bonds is 6. The molecule has 22 heavy (non-hydrogen) atoms. The van der Waals surface area contributed by atoms with Gasteiger partial charge in [0, 0.05) is 39.4 Å². The average molecular weight is 304 g/mol. The largest absolute Gasteiger partial charge is 0.369 e. The lowest BCUT2D eigenvalue weighted by Crippen LogP contribution is -2.32. The molecule has 1 aliphatic rings. The Morgan fingerprint density at radius 3 is 2.50 bits per heavy atom. The summed E-state index contributed by atoms with van der Waals surface area (Å²) in [4.78, 5) is 17.6. The number of pyridine rings is 1. The summed E-state index contributed by atoms with van der Waals surface area (Å²) in [5.41, 5.74) is 0.618. The zero-order valence-electron chi connectivity index (χ0n) is 13.8. The highest BCUT2D eigenvalue weighted by Crippen LogP contribution is 2.16. The highest BCUT2D eigenvalue weighted by Gasteiger charge is 2.11. The molecule has 1 saturated carbocycles. The summed E-state index contributed by atoms with van der Waals surface area (Å²) in [7, 11) is 3.49. The van der Waals surface area contributed by atoms with Crippen molar-refractivity contribution in [1.82, 2.24) is 15.2 Å². The van der Waals surface area contributed by atoms with Crippen molar-refractivity contribution in [2.45, 2.75) is 44.6 Å². The van der Waals surface area contributed by atoms with Crippen molar-refractivity contribution in [2.75, 3.05) is 32.5 Å². The molecule has 1 amide bonds. The molecule has 5 heteroatoms. The van der Waals surface area contributed by atoms with Gasteiger partial charge in [-0.15, -0.1) is 0 Å². The summed E-state index contributed by atoms with van der Waals surface area (Å²) in [5.74, 6) is 0.798. The fourth-order valence-electron chi connectivity index (χ4n) is 2.83. The van der Waals surface area contributed by atoms with Gasteiger partial charge >= 0.3 is 0 Å². The average Bonchev–Trinajstić information content (AvgIpc) is 2.80. The molecule has 0 aliphatic heterocycles. The van der Waals surface area contributed by atoms with E-state index in [0.29, 0.717) is 11.6 Å². The summed E-state index contributed by atoms with van der Waals surface area (Å²) in [6.07, 6.45) is 9.72. The van der Waals surface area contributed by atoms with Crippen LogP contribution in [-0.2, 0) is 0 Å². The van der Waals surface area contributed by atoms with Gasteiger partial charge < -0.3 is 15.5 Å². The Morgan fingerprint density at radius 2 is 1.91 bits per heavy atom. The first kappa shape index (κ1) is 16.7. The maximum absolute atomic E-state index is 11.8. The van der Waals surface area contributed by atoms with E-state index in [0.717, 1.165) is 18.9 Å². The molecule has 0 saturated heterocycles. The Hall–Kier alpha value is -1.62. The van der Waals surface area contributed by atoms with E-state index in [1.54, 1.807) is 25.2 Å². The number of nitrogens with zero attached hydrogens (tertiary/aromatic N) is 2. The topological polar surface area (TPSA) is 57.3 Å². The third-order valence-electron chi connectivity index (χ3n) is 4.14. The van der Waals surface area contributed by atoms with Gasteiger partial charge in [0.2, 0.25) is 0 Å². The van der Waals surface area contributed by atoms with Crippen molar-refractivity contribution in [2.24, 2.45) is 0 Å². The number of anilines is 1. The van der Waals surface area contributed by atoms with E-state index in [2.05, 4.69) is 15.6 Å². The van der Waals surface area contributed by atoms with Gasteiger partial charge in [0.25, 0.3) is 5.91 Å². The van der Waals surface area contributed by atoms with E-state index in [1.165, 1.54) is 38.5 Å². The molecule has 0 unspecified atom stereocenters. The molecule has 122 valence electrons. The maximum Gasteiger partial charge on any atom is 0.254 e. The van der Waals surface area contributed by atoms with Gasteiger partial charge in [-0.25, -0.2) is 4.98 Å². The Morgan fingerprint density at radius 1 is 1.18 bits per heavy atom. The Balaban J connectivity index is 1.69. The molecular formula is C17H28N4O. The van der Waals surface area contributed by atoms with Gasteiger partial charge in [0.15, 0.2) is 0 Å². The first-order chi connectivity index (χ1) is 10.7. The third-order valence-corrected chi connectivity index (χ3v) is 4.14. The number of carbonyl (C=O) groups excluding carboxylic acids is 1. The quantitative estimate of drug-likeness (QED) is 0.626. The van der Waals surface area contributed by atoms with Crippen molar-refractivity contribution >= 4 is 11.7 Å². The first-order valence-electron chi connectivity index (χ1n) is 8.32. The van der Waals surface area contributed by atoms with Crippen molar-refractivity contribution in [3.8, 4) is 0 Å². The molecule has 0 spiro atoms. The Kier molecular flexibility index (Phi) is 6.65. The predicted molar refractivity (Wildman–Crippen MR) is 90.2 cm³/mol. The molecular weight excluding hydrogens is 276 g/mol.